The largest absolute Gasteiger partial charge is 0.334 e. The number of benzene rings is 1. The normalized spacial score (nSPS) is 16.0. The molecule has 0 saturated carbocycles. The predicted octanol–water partition coefficient (Wildman–Crippen LogP) is 2.08. The molecule has 1 aromatic heterocycles. The van der Waals surface area contributed by atoms with Crippen molar-refractivity contribution in [2.45, 2.75) is 13.5 Å². The number of carbonyl (C=O) groups is 1. The lowest BCUT2D eigenvalue weighted by Crippen LogP contribution is -2.51. The Hall–Kier alpha value is -2.14. The number of hydrogen-bond donors (Lipinski definition) is 1. The molecule has 1 fully saturated rings. The molecule has 0 atom stereocenters. The van der Waals surface area contributed by atoms with E-state index in [1.807, 2.05) is 35.2 Å². The number of rotatable bonds is 3. The minimum atomic E-state index is 0.0247. The van der Waals surface area contributed by atoms with E-state index in [9.17, 15) is 4.79 Å². The minimum absolute atomic E-state index is 0.0247. The lowest BCUT2D eigenvalue weighted by Gasteiger charge is -2.34. The van der Waals surface area contributed by atoms with E-state index >= 15 is 0 Å². The third-order valence-corrected chi connectivity index (χ3v) is 4.27. The van der Waals surface area contributed by atoms with Crippen LogP contribution in [0, 0.1) is 0 Å². The molecule has 1 N–H and O–H groups in total. The summed E-state index contributed by atoms with van der Waals surface area (Å²) in [5, 5.41) is 4.13. The maximum atomic E-state index is 12.3. The second-order valence-corrected chi connectivity index (χ2v) is 5.57. The van der Waals surface area contributed by atoms with Gasteiger partial charge in [-0.15, -0.1) is 0 Å². The Labute approximate surface area is 130 Å². The zero-order valence-electron chi connectivity index (χ0n) is 13.0. The van der Waals surface area contributed by atoms with Crippen LogP contribution in [0.2, 0.25) is 0 Å². The maximum Gasteiger partial charge on any atom is 0.317 e. The summed E-state index contributed by atoms with van der Waals surface area (Å²) in [6.07, 6.45) is 1.79. The molecule has 0 unspecified atom stereocenters. The topological polar surface area (TPSA) is 48.5 Å². The number of urea groups is 1. The van der Waals surface area contributed by atoms with Gasteiger partial charge in [0.15, 0.2) is 0 Å². The molecule has 1 aliphatic heterocycles. The lowest BCUT2D eigenvalue weighted by atomic mass is 10.1. The summed E-state index contributed by atoms with van der Waals surface area (Å²) in [4.78, 5) is 20.9. The summed E-state index contributed by atoms with van der Waals surface area (Å²) in [6.45, 7) is 7.27. The number of piperazine rings is 1. The lowest BCUT2D eigenvalue weighted by molar-refractivity contribution is 0.143. The number of likely N-dealkylation sites (N-methyl/N-ethyl adjacent to an activating group) is 1. The molecule has 2 amide bonds. The molecule has 5 heteroatoms. The molecular formula is C17H22N4O. The molecule has 22 heavy (non-hydrogen) atoms. The van der Waals surface area contributed by atoms with Gasteiger partial charge in [0.1, 0.15) is 0 Å². The van der Waals surface area contributed by atoms with Crippen molar-refractivity contribution in [1.82, 2.24) is 20.1 Å². The van der Waals surface area contributed by atoms with Crippen molar-refractivity contribution in [3.63, 3.8) is 0 Å². The van der Waals surface area contributed by atoms with Gasteiger partial charge >= 0.3 is 6.03 Å². The number of carbonyl (C=O) groups excluding carboxylic acids is 1. The third-order valence-electron chi connectivity index (χ3n) is 4.27. The van der Waals surface area contributed by atoms with Crippen LogP contribution in [0.3, 0.4) is 0 Å². The Balaban J connectivity index is 1.61. The molecule has 2 aromatic rings. The summed E-state index contributed by atoms with van der Waals surface area (Å²) in [5.41, 5.74) is 2.07. The molecule has 116 valence electrons. The highest BCUT2D eigenvalue weighted by atomic mass is 16.2. The van der Waals surface area contributed by atoms with Crippen LogP contribution in [0.5, 0.6) is 0 Å². The fourth-order valence-corrected chi connectivity index (χ4v) is 2.87. The van der Waals surface area contributed by atoms with Crippen molar-refractivity contribution < 1.29 is 4.79 Å². The summed E-state index contributed by atoms with van der Waals surface area (Å²) >= 11 is 0. The molecule has 0 radical (unpaired) electrons. The van der Waals surface area contributed by atoms with Crippen LogP contribution < -0.4 is 5.32 Å². The van der Waals surface area contributed by atoms with Gasteiger partial charge in [-0.05, 0) is 24.2 Å². The Morgan fingerprint density at radius 3 is 2.77 bits per heavy atom. The maximum absolute atomic E-state index is 12.3. The van der Waals surface area contributed by atoms with Crippen molar-refractivity contribution >= 4 is 16.9 Å². The molecule has 1 saturated heterocycles. The first-order valence-electron chi connectivity index (χ1n) is 7.85. The average Bonchev–Trinajstić information content (AvgIpc) is 2.59. The number of nitrogens with zero attached hydrogens (tertiary/aromatic N) is 3. The smallest absolute Gasteiger partial charge is 0.317 e. The second kappa shape index (κ2) is 6.75. The summed E-state index contributed by atoms with van der Waals surface area (Å²) in [7, 11) is 0. The molecular weight excluding hydrogens is 276 g/mol. The van der Waals surface area contributed by atoms with Crippen LogP contribution in [-0.2, 0) is 6.54 Å². The van der Waals surface area contributed by atoms with Gasteiger partial charge in [-0.3, -0.25) is 4.98 Å². The standard InChI is InChI=1S/C17H22N4O/c1-2-20-9-11-21(12-10-20)17(22)19-13-14-5-3-7-16-15(14)6-4-8-18-16/h3-8H,2,9-13H2,1H3,(H,19,22). The fraction of sp³-hybridized carbons (Fsp3) is 0.412. The molecule has 1 aromatic carbocycles. The SMILES string of the molecule is CCN1CCN(C(=O)NCc2cccc3ncccc23)CC1. The van der Waals surface area contributed by atoms with Crippen molar-refractivity contribution in [3.8, 4) is 0 Å². The van der Waals surface area contributed by atoms with Gasteiger partial charge in [0, 0.05) is 44.3 Å². The van der Waals surface area contributed by atoms with Gasteiger partial charge in [0.2, 0.25) is 0 Å². The van der Waals surface area contributed by atoms with E-state index in [-0.39, 0.29) is 6.03 Å². The summed E-state index contributed by atoms with van der Waals surface area (Å²) in [5.74, 6) is 0. The average molecular weight is 298 g/mol. The monoisotopic (exact) mass is 298 g/mol. The van der Waals surface area contributed by atoms with E-state index in [1.165, 1.54) is 0 Å². The minimum Gasteiger partial charge on any atom is -0.334 e. The molecule has 2 heterocycles. The van der Waals surface area contributed by atoms with Gasteiger partial charge in [-0.25, -0.2) is 4.79 Å². The molecule has 0 aliphatic carbocycles. The Kier molecular flexibility index (Phi) is 4.53. The zero-order valence-corrected chi connectivity index (χ0v) is 13.0. The van der Waals surface area contributed by atoms with Crippen LogP contribution >= 0.6 is 0 Å². The van der Waals surface area contributed by atoms with Crippen molar-refractivity contribution in [2.24, 2.45) is 0 Å². The number of pyridine rings is 1. The highest BCUT2D eigenvalue weighted by molar-refractivity contribution is 5.82. The first-order chi connectivity index (χ1) is 10.8. The van der Waals surface area contributed by atoms with E-state index in [0.717, 1.165) is 49.2 Å². The molecule has 5 nitrogen and oxygen atoms in total. The summed E-state index contributed by atoms with van der Waals surface area (Å²) in [6, 6.07) is 10.0. The van der Waals surface area contributed by atoms with Crippen LogP contribution in [0.15, 0.2) is 36.5 Å². The Morgan fingerprint density at radius 1 is 1.18 bits per heavy atom. The van der Waals surface area contributed by atoms with Crippen LogP contribution in [0.25, 0.3) is 10.9 Å². The van der Waals surface area contributed by atoms with Crippen molar-refractivity contribution in [1.29, 1.82) is 0 Å². The van der Waals surface area contributed by atoms with E-state index < -0.39 is 0 Å². The second-order valence-electron chi connectivity index (χ2n) is 5.57. The molecule has 1 aliphatic rings. The van der Waals surface area contributed by atoms with Crippen molar-refractivity contribution in [3.05, 3.63) is 42.1 Å². The number of aromatic nitrogens is 1. The van der Waals surface area contributed by atoms with Crippen LogP contribution in [-0.4, -0.2) is 53.5 Å². The van der Waals surface area contributed by atoms with Gasteiger partial charge < -0.3 is 15.1 Å². The van der Waals surface area contributed by atoms with E-state index in [4.69, 9.17) is 0 Å². The highest BCUT2D eigenvalue weighted by Gasteiger charge is 2.19. The first kappa shape index (κ1) is 14.8. The number of amides is 2. The number of fused-ring (bicyclic) bond motifs is 1. The van der Waals surface area contributed by atoms with Gasteiger partial charge in [-0.2, -0.15) is 0 Å². The predicted molar refractivity (Wildman–Crippen MR) is 87.7 cm³/mol. The number of hydrogen-bond acceptors (Lipinski definition) is 3. The molecule has 0 spiro atoms. The highest BCUT2D eigenvalue weighted by Crippen LogP contribution is 2.16. The van der Waals surface area contributed by atoms with Crippen molar-refractivity contribution in [2.75, 3.05) is 32.7 Å². The number of nitrogens with one attached hydrogen (secondary N) is 1. The summed E-state index contributed by atoms with van der Waals surface area (Å²) < 4.78 is 0. The zero-order chi connectivity index (χ0) is 15.4. The fourth-order valence-electron chi connectivity index (χ4n) is 2.87. The Morgan fingerprint density at radius 2 is 2.00 bits per heavy atom. The van der Waals surface area contributed by atoms with E-state index in [0.29, 0.717) is 6.54 Å². The van der Waals surface area contributed by atoms with Gasteiger partial charge in [0.05, 0.1) is 5.52 Å². The first-order valence-corrected chi connectivity index (χ1v) is 7.85. The Bertz CT molecular complexity index is 645. The van der Waals surface area contributed by atoms with Gasteiger partial charge in [-0.1, -0.05) is 25.1 Å². The quantitative estimate of drug-likeness (QED) is 0.944. The third kappa shape index (κ3) is 3.20. The van der Waals surface area contributed by atoms with Crippen LogP contribution in [0.1, 0.15) is 12.5 Å². The molecule has 0 bridgehead atoms. The van der Waals surface area contributed by atoms with E-state index in [2.05, 4.69) is 22.1 Å². The van der Waals surface area contributed by atoms with Gasteiger partial charge in [0.25, 0.3) is 0 Å². The van der Waals surface area contributed by atoms with Crippen LogP contribution in [0.4, 0.5) is 4.79 Å². The molecule has 3 rings (SSSR count). The van der Waals surface area contributed by atoms with E-state index in [1.54, 1.807) is 6.20 Å².